The summed E-state index contributed by atoms with van der Waals surface area (Å²) in [5.41, 5.74) is 5.76. The average molecular weight is 400 g/mol. The molecule has 0 aromatic heterocycles. The maximum absolute atomic E-state index is 13.2. The highest BCUT2D eigenvalue weighted by molar-refractivity contribution is 5.44. The molecule has 2 heterocycles. The second-order valence-electron chi connectivity index (χ2n) is 7.88. The highest BCUT2D eigenvalue weighted by Gasteiger charge is 2.42. The van der Waals surface area contributed by atoms with Gasteiger partial charge in [-0.05, 0) is 53.8 Å². The first-order chi connectivity index (χ1) is 14.4. The molecule has 3 nitrogen and oxygen atoms in total. The Hall–Kier alpha value is -3.53. The normalized spacial score (nSPS) is 20.8. The summed E-state index contributed by atoms with van der Waals surface area (Å²) in [6.45, 7) is 15.3. The van der Waals surface area contributed by atoms with Gasteiger partial charge in [-0.1, -0.05) is 62.2 Å². The van der Waals surface area contributed by atoms with E-state index in [1.165, 1.54) is 12.1 Å². The Morgan fingerprint density at radius 2 is 1.60 bits per heavy atom. The maximum atomic E-state index is 13.2. The predicted octanol–water partition coefficient (Wildman–Crippen LogP) is 5.08. The van der Waals surface area contributed by atoms with E-state index in [-0.39, 0.29) is 5.82 Å². The van der Waals surface area contributed by atoms with Crippen LogP contribution in [0.5, 0.6) is 0 Å². The van der Waals surface area contributed by atoms with Crippen molar-refractivity contribution in [3.63, 3.8) is 0 Å². The zero-order valence-corrected chi connectivity index (χ0v) is 17.2. The van der Waals surface area contributed by atoms with Gasteiger partial charge in [-0.2, -0.15) is 0 Å². The van der Waals surface area contributed by atoms with Gasteiger partial charge in [-0.25, -0.2) is 4.39 Å². The molecule has 0 aliphatic carbocycles. The van der Waals surface area contributed by atoms with Crippen molar-refractivity contribution in [2.45, 2.75) is 18.9 Å². The van der Waals surface area contributed by atoms with E-state index >= 15 is 0 Å². The van der Waals surface area contributed by atoms with Crippen molar-refractivity contribution >= 4 is 0 Å². The first-order valence-electron chi connectivity index (χ1n) is 9.96. The standard InChI is InChI=1S/C26H26FN3/c1-18-6-5-15-30(19(18)2)17-26(20(3)28-21(4)29-26)24-11-7-22(8-12-24)16-23-9-13-25(27)14-10-23/h5-15,28-29H,2-4,16-17H2,1H3. The van der Waals surface area contributed by atoms with E-state index in [0.29, 0.717) is 6.54 Å². The van der Waals surface area contributed by atoms with Gasteiger partial charge in [-0.3, -0.25) is 0 Å². The largest absolute Gasteiger partial charge is 0.356 e. The highest BCUT2D eigenvalue weighted by atomic mass is 19.1. The van der Waals surface area contributed by atoms with Gasteiger partial charge in [0.15, 0.2) is 0 Å². The molecule has 2 aromatic rings. The molecule has 1 unspecified atom stereocenters. The molecular formula is C26H26FN3. The van der Waals surface area contributed by atoms with Crippen molar-refractivity contribution in [1.82, 2.24) is 15.5 Å². The molecule has 1 fully saturated rings. The Labute approximate surface area is 177 Å². The third kappa shape index (κ3) is 3.69. The molecule has 4 heteroatoms. The molecular weight excluding hydrogens is 373 g/mol. The first-order valence-corrected chi connectivity index (χ1v) is 9.96. The molecule has 2 N–H and O–H groups in total. The van der Waals surface area contributed by atoms with Gasteiger partial charge in [0, 0.05) is 17.6 Å². The number of halogens is 1. The summed E-state index contributed by atoms with van der Waals surface area (Å²) in [6.07, 6.45) is 6.88. The number of hydrogen-bond donors (Lipinski definition) is 2. The minimum atomic E-state index is -0.531. The third-order valence-corrected chi connectivity index (χ3v) is 5.77. The number of allylic oxidation sites excluding steroid dienone is 3. The zero-order valence-electron chi connectivity index (χ0n) is 17.2. The predicted molar refractivity (Wildman–Crippen MR) is 121 cm³/mol. The lowest BCUT2D eigenvalue weighted by molar-refractivity contribution is 0.334. The molecule has 0 amide bonds. The number of hydrogen-bond acceptors (Lipinski definition) is 3. The van der Waals surface area contributed by atoms with Crippen LogP contribution in [0.3, 0.4) is 0 Å². The minimum Gasteiger partial charge on any atom is -0.356 e. The van der Waals surface area contributed by atoms with Crippen LogP contribution in [0, 0.1) is 5.82 Å². The topological polar surface area (TPSA) is 27.3 Å². The summed E-state index contributed by atoms with van der Waals surface area (Å²) in [4.78, 5) is 2.14. The van der Waals surface area contributed by atoms with Gasteiger partial charge in [0.2, 0.25) is 0 Å². The smallest absolute Gasteiger partial charge is 0.123 e. The Morgan fingerprint density at radius 3 is 2.20 bits per heavy atom. The maximum Gasteiger partial charge on any atom is 0.123 e. The van der Waals surface area contributed by atoms with Crippen molar-refractivity contribution < 1.29 is 4.39 Å². The SMILES string of the molecule is C=C1NC(=C)C(CN2C=CC=C(C)C2=C)(c2ccc(Cc3ccc(F)cc3)cc2)N1. The van der Waals surface area contributed by atoms with Crippen LogP contribution in [0.1, 0.15) is 23.6 Å². The molecule has 4 rings (SSSR count). The van der Waals surface area contributed by atoms with E-state index in [2.05, 4.69) is 72.5 Å². The molecule has 1 saturated heterocycles. The average Bonchev–Trinajstić information content (AvgIpc) is 3.01. The molecule has 1 atom stereocenters. The third-order valence-electron chi connectivity index (χ3n) is 5.77. The van der Waals surface area contributed by atoms with Crippen LogP contribution in [0.2, 0.25) is 0 Å². The number of benzene rings is 2. The molecule has 2 aliphatic heterocycles. The van der Waals surface area contributed by atoms with Gasteiger partial charge >= 0.3 is 0 Å². The number of rotatable bonds is 5. The number of nitrogens with zero attached hydrogens (tertiary/aromatic N) is 1. The quantitative estimate of drug-likeness (QED) is 0.734. The lowest BCUT2D eigenvalue weighted by atomic mass is 9.86. The van der Waals surface area contributed by atoms with Crippen LogP contribution in [-0.4, -0.2) is 11.4 Å². The summed E-state index contributed by atoms with van der Waals surface area (Å²) < 4.78 is 13.2. The van der Waals surface area contributed by atoms with Crippen molar-refractivity contribution in [1.29, 1.82) is 0 Å². The molecule has 30 heavy (non-hydrogen) atoms. The van der Waals surface area contributed by atoms with E-state index in [1.54, 1.807) is 0 Å². The van der Waals surface area contributed by atoms with Gasteiger partial charge in [-0.15, -0.1) is 0 Å². The van der Waals surface area contributed by atoms with E-state index in [0.717, 1.165) is 45.9 Å². The van der Waals surface area contributed by atoms with E-state index < -0.39 is 5.54 Å². The molecule has 0 bridgehead atoms. The summed E-state index contributed by atoms with van der Waals surface area (Å²) in [7, 11) is 0. The molecule has 152 valence electrons. The lowest BCUT2D eigenvalue weighted by Crippen LogP contribution is -2.46. The van der Waals surface area contributed by atoms with E-state index in [1.807, 2.05) is 24.4 Å². The van der Waals surface area contributed by atoms with Crippen LogP contribution in [0.15, 0.2) is 109 Å². The van der Waals surface area contributed by atoms with Crippen molar-refractivity contribution in [3.05, 3.63) is 132 Å². The van der Waals surface area contributed by atoms with Crippen molar-refractivity contribution in [3.8, 4) is 0 Å². The van der Waals surface area contributed by atoms with Crippen LogP contribution >= 0.6 is 0 Å². The van der Waals surface area contributed by atoms with Crippen LogP contribution in [0.25, 0.3) is 0 Å². The second kappa shape index (κ2) is 7.71. The summed E-state index contributed by atoms with van der Waals surface area (Å²) >= 11 is 0. The van der Waals surface area contributed by atoms with Gasteiger partial charge in [0.1, 0.15) is 11.4 Å². The monoisotopic (exact) mass is 399 g/mol. The number of nitrogens with one attached hydrogen (secondary N) is 2. The molecule has 2 aliphatic rings. The van der Waals surface area contributed by atoms with Crippen LogP contribution in [0.4, 0.5) is 4.39 Å². The molecule has 0 spiro atoms. The van der Waals surface area contributed by atoms with Gasteiger partial charge in [0.25, 0.3) is 0 Å². The van der Waals surface area contributed by atoms with Gasteiger partial charge in [0.05, 0.1) is 12.4 Å². The fourth-order valence-electron chi connectivity index (χ4n) is 3.98. The fraction of sp³-hybridized carbons (Fsp3) is 0.154. The van der Waals surface area contributed by atoms with Crippen LogP contribution < -0.4 is 10.6 Å². The zero-order chi connectivity index (χ0) is 21.3. The summed E-state index contributed by atoms with van der Waals surface area (Å²) in [5.74, 6) is 0.516. The minimum absolute atomic E-state index is 0.215. The summed E-state index contributed by atoms with van der Waals surface area (Å²) in [5, 5.41) is 6.76. The van der Waals surface area contributed by atoms with E-state index in [4.69, 9.17) is 0 Å². The lowest BCUT2D eigenvalue weighted by Gasteiger charge is -2.37. The van der Waals surface area contributed by atoms with Crippen molar-refractivity contribution in [2.24, 2.45) is 0 Å². The van der Waals surface area contributed by atoms with E-state index in [9.17, 15) is 4.39 Å². The Kier molecular flexibility index (Phi) is 5.08. The molecule has 0 radical (unpaired) electrons. The van der Waals surface area contributed by atoms with Gasteiger partial charge < -0.3 is 15.5 Å². The Morgan fingerprint density at radius 1 is 0.967 bits per heavy atom. The summed E-state index contributed by atoms with van der Waals surface area (Å²) in [6, 6.07) is 15.1. The first kappa shape index (κ1) is 19.8. The molecule has 2 aromatic carbocycles. The van der Waals surface area contributed by atoms with Crippen molar-refractivity contribution in [2.75, 3.05) is 6.54 Å². The molecule has 0 saturated carbocycles. The Bertz CT molecular complexity index is 1060. The second-order valence-corrected chi connectivity index (χ2v) is 7.88. The fourth-order valence-corrected chi connectivity index (χ4v) is 3.98. The van der Waals surface area contributed by atoms with Crippen LogP contribution in [-0.2, 0) is 12.0 Å². The highest BCUT2D eigenvalue weighted by Crippen LogP contribution is 2.36. The Balaban J connectivity index is 1.61.